The number of nitrogens with zero attached hydrogens (tertiary/aromatic N) is 4. The Morgan fingerprint density at radius 2 is 2.00 bits per heavy atom. The van der Waals surface area contributed by atoms with Gasteiger partial charge in [-0.1, -0.05) is 6.42 Å². The molecule has 1 atom stereocenters. The molecule has 2 aromatic heterocycles. The van der Waals surface area contributed by atoms with Gasteiger partial charge in [0.1, 0.15) is 5.82 Å². The number of carboxylic acids is 1. The summed E-state index contributed by atoms with van der Waals surface area (Å²) in [4.78, 5) is 24.1. The molecule has 0 spiro atoms. The summed E-state index contributed by atoms with van der Waals surface area (Å²) in [7, 11) is -3.37. The van der Waals surface area contributed by atoms with Crippen LogP contribution in [0.3, 0.4) is 0 Å². The Morgan fingerprint density at radius 3 is 2.69 bits per heavy atom. The number of sulfonamides is 1. The smallest absolute Gasteiger partial charge is 0.337 e. The Labute approximate surface area is 152 Å². The van der Waals surface area contributed by atoms with Crippen LogP contribution in [0.25, 0.3) is 11.3 Å². The van der Waals surface area contributed by atoms with E-state index in [9.17, 15) is 13.2 Å². The number of carboxylic acid groups (broad SMARTS) is 1. The van der Waals surface area contributed by atoms with E-state index < -0.39 is 22.0 Å². The lowest BCUT2D eigenvalue weighted by molar-refractivity contribution is 0.0696. The van der Waals surface area contributed by atoms with Crippen molar-refractivity contribution in [2.75, 3.05) is 12.8 Å². The maximum Gasteiger partial charge on any atom is 0.337 e. The van der Waals surface area contributed by atoms with Gasteiger partial charge in [0.2, 0.25) is 10.0 Å². The van der Waals surface area contributed by atoms with Gasteiger partial charge in [0.25, 0.3) is 0 Å². The molecule has 0 bridgehead atoms. The summed E-state index contributed by atoms with van der Waals surface area (Å²) in [5.41, 5.74) is 1.83. The Bertz CT molecular complexity index is 946. The standard InChI is InChI=1S/C17H20N4O4S/c1-11-7-14(12-8-13(17(22)23)10-18-9-12)20-16(19-11)15-5-3-4-6-21(15)26(2,24)25/h7-10,15H,3-6H2,1-2H3,(H,22,23)/t15-/m1/s1. The molecule has 3 heterocycles. The summed E-state index contributed by atoms with van der Waals surface area (Å²) in [5, 5.41) is 9.15. The second-order valence-electron chi connectivity index (χ2n) is 6.41. The number of pyridine rings is 1. The van der Waals surface area contributed by atoms with Crippen molar-refractivity contribution in [3.05, 3.63) is 41.6 Å². The van der Waals surface area contributed by atoms with Crippen LogP contribution in [0.5, 0.6) is 0 Å². The molecule has 8 nitrogen and oxygen atoms in total. The molecule has 0 radical (unpaired) electrons. The lowest BCUT2D eigenvalue weighted by Gasteiger charge is -2.32. The summed E-state index contributed by atoms with van der Waals surface area (Å²) in [6, 6.07) is 2.82. The second kappa shape index (κ2) is 7.08. The van der Waals surface area contributed by atoms with Crippen LogP contribution >= 0.6 is 0 Å². The molecule has 1 N–H and O–H groups in total. The number of carbonyl (C=O) groups is 1. The highest BCUT2D eigenvalue weighted by Gasteiger charge is 2.32. The average Bonchev–Trinajstić information content (AvgIpc) is 2.60. The van der Waals surface area contributed by atoms with Crippen molar-refractivity contribution >= 4 is 16.0 Å². The number of rotatable bonds is 4. The molecule has 9 heteroatoms. The monoisotopic (exact) mass is 376 g/mol. The molecule has 1 aliphatic rings. The van der Waals surface area contributed by atoms with Crippen molar-refractivity contribution in [3.8, 4) is 11.3 Å². The minimum atomic E-state index is -3.37. The zero-order valence-corrected chi connectivity index (χ0v) is 15.4. The fraction of sp³-hybridized carbons (Fsp3) is 0.412. The van der Waals surface area contributed by atoms with E-state index >= 15 is 0 Å². The first-order chi connectivity index (χ1) is 12.3. The van der Waals surface area contributed by atoms with E-state index in [0.717, 1.165) is 12.8 Å². The van der Waals surface area contributed by atoms with Crippen LogP contribution in [0.2, 0.25) is 0 Å². The summed E-state index contributed by atoms with van der Waals surface area (Å²) >= 11 is 0. The van der Waals surface area contributed by atoms with Gasteiger partial charge in [-0.05, 0) is 31.9 Å². The van der Waals surface area contributed by atoms with Crippen molar-refractivity contribution in [1.29, 1.82) is 0 Å². The van der Waals surface area contributed by atoms with Crippen LogP contribution in [-0.2, 0) is 10.0 Å². The second-order valence-corrected chi connectivity index (χ2v) is 8.34. The average molecular weight is 376 g/mol. The van der Waals surface area contributed by atoms with E-state index in [1.54, 1.807) is 13.0 Å². The van der Waals surface area contributed by atoms with Crippen LogP contribution in [0.15, 0.2) is 24.5 Å². The molecule has 0 aliphatic carbocycles. The highest BCUT2D eigenvalue weighted by molar-refractivity contribution is 7.88. The fourth-order valence-corrected chi connectivity index (χ4v) is 4.27. The molecular weight excluding hydrogens is 356 g/mol. The third kappa shape index (κ3) is 3.88. The summed E-state index contributed by atoms with van der Waals surface area (Å²) in [6.45, 7) is 2.25. The molecule has 0 aromatic carbocycles. The zero-order valence-electron chi connectivity index (χ0n) is 14.6. The maximum absolute atomic E-state index is 12.1. The quantitative estimate of drug-likeness (QED) is 0.868. The summed E-state index contributed by atoms with van der Waals surface area (Å²) in [6.07, 6.45) is 6.37. The van der Waals surface area contributed by atoms with Gasteiger partial charge in [0, 0.05) is 30.2 Å². The summed E-state index contributed by atoms with van der Waals surface area (Å²) < 4.78 is 25.7. The predicted molar refractivity (Wildman–Crippen MR) is 95.1 cm³/mol. The Kier molecular flexibility index (Phi) is 5.01. The maximum atomic E-state index is 12.1. The highest BCUT2D eigenvalue weighted by Crippen LogP contribution is 2.32. The number of piperidine rings is 1. The van der Waals surface area contributed by atoms with E-state index in [1.807, 2.05) is 0 Å². The first-order valence-corrected chi connectivity index (χ1v) is 10.1. The predicted octanol–water partition coefficient (Wildman–Crippen LogP) is 2.03. The molecule has 0 amide bonds. The van der Waals surface area contributed by atoms with Crippen molar-refractivity contribution in [2.24, 2.45) is 0 Å². The third-order valence-electron chi connectivity index (χ3n) is 4.33. The molecule has 0 unspecified atom stereocenters. The van der Waals surface area contributed by atoms with E-state index in [-0.39, 0.29) is 5.56 Å². The van der Waals surface area contributed by atoms with Crippen LogP contribution in [0.4, 0.5) is 0 Å². The van der Waals surface area contributed by atoms with Crippen LogP contribution < -0.4 is 0 Å². The van der Waals surface area contributed by atoms with Crippen LogP contribution in [0.1, 0.15) is 47.2 Å². The van der Waals surface area contributed by atoms with E-state index in [2.05, 4.69) is 15.0 Å². The Hall–Kier alpha value is -2.39. The van der Waals surface area contributed by atoms with Gasteiger partial charge >= 0.3 is 5.97 Å². The highest BCUT2D eigenvalue weighted by atomic mass is 32.2. The molecule has 0 saturated carbocycles. The molecular formula is C17H20N4O4S. The van der Waals surface area contributed by atoms with Crippen molar-refractivity contribution in [1.82, 2.24) is 19.3 Å². The zero-order chi connectivity index (χ0) is 18.9. The lowest BCUT2D eigenvalue weighted by Crippen LogP contribution is -2.38. The number of hydrogen-bond acceptors (Lipinski definition) is 6. The fourth-order valence-electron chi connectivity index (χ4n) is 3.15. The molecule has 3 rings (SSSR count). The number of aromatic carboxylic acids is 1. The molecule has 1 fully saturated rings. The molecule has 26 heavy (non-hydrogen) atoms. The van der Waals surface area contributed by atoms with Crippen molar-refractivity contribution < 1.29 is 18.3 Å². The van der Waals surface area contributed by atoms with Crippen LogP contribution in [-0.4, -0.2) is 51.6 Å². The lowest BCUT2D eigenvalue weighted by atomic mass is 10.0. The minimum Gasteiger partial charge on any atom is -0.478 e. The van der Waals surface area contributed by atoms with Gasteiger partial charge in [0.15, 0.2) is 0 Å². The SMILES string of the molecule is Cc1cc(-c2cncc(C(=O)O)c2)nc([C@H]2CCCCN2S(C)(=O)=O)n1. The summed E-state index contributed by atoms with van der Waals surface area (Å²) in [5.74, 6) is -0.633. The molecule has 1 saturated heterocycles. The largest absolute Gasteiger partial charge is 0.478 e. The first kappa shape index (κ1) is 18.4. The number of aryl methyl sites for hydroxylation is 1. The Balaban J connectivity index is 2.05. The molecule has 138 valence electrons. The van der Waals surface area contributed by atoms with Gasteiger partial charge < -0.3 is 5.11 Å². The van der Waals surface area contributed by atoms with E-state index in [0.29, 0.717) is 35.7 Å². The van der Waals surface area contributed by atoms with E-state index in [4.69, 9.17) is 5.11 Å². The van der Waals surface area contributed by atoms with Gasteiger partial charge in [0.05, 0.1) is 23.6 Å². The third-order valence-corrected chi connectivity index (χ3v) is 5.62. The topological polar surface area (TPSA) is 113 Å². The normalized spacial score (nSPS) is 18.6. The molecule has 2 aromatic rings. The molecule has 1 aliphatic heterocycles. The number of aromatic nitrogens is 3. The van der Waals surface area contributed by atoms with Gasteiger partial charge in [-0.15, -0.1) is 0 Å². The van der Waals surface area contributed by atoms with Crippen LogP contribution in [0, 0.1) is 6.92 Å². The van der Waals surface area contributed by atoms with Gasteiger partial charge in [-0.2, -0.15) is 4.31 Å². The Morgan fingerprint density at radius 1 is 1.23 bits per heavy atom. The number of hydrogen-bond donors (Lipinski definition) is 1. The van der Waals surface area contributed by atoms with Gasteiger partial charge in [-0.3, -0.25) is 4.98 Å². The first-order valence-electron chi connectivity index (χ1n) is 8.27. The van der Waals surface area contributed by atoms with E-state index in [1.165, 1.54) is 29.0 Å². The van der Waals surface area contributed by atoms with Crippen molar-refractivity contribution in [3.63, 3.8) is 0 Å². The van der Waals surface area contributed by atoms with Crippen molar-refractivity contribution in [2.45, 2.75) is 32.2 Å². The van der Waals surface area contributed by atoms with Gasteiger partial charge in [-0.25, -0.2) is 23.2 Å². The minimum absolute atomic E-state index is 0.0655.